The molecule has 1 aliphatic heterocycles. The van der Waals surface area contributed by atoms with Crippen LogP contribution in [0.5, 0.6) is 0 Å². The Morgan fingerprint density at radius 3 is 2.54 bits per heavy atom. The molecule has 4 rings (SSSR count). The number of anilines is 2. The van der Waals surface area contributed by atoms with Crippen molar-refractivity contribution >= 4 is 22.3 Å². The number of likely N-dealkylation sites (N-methyl/N-ethyl adjacent to an activating group) is 1. The first-order chi connectivity index (χ1) is 12.7. The molecule has 1 aromatic heterocycles. The average molecular weight is 345 g/mol. The predicted molar refractivity (Wildman–Crippen MR) is 106 cm³/mol. The smallest absolute Gasteiger partial charge is 0.133 e. The van der Waals surface area contributed by atoms with Gasteiger partial charge < -0.3 is 20.1 Å². The highest BCUT2D eigenvalue weighted by Gasteiger charge is 2.22. The zero-order valence-electron chi connectivity index (χ0n) is 15.0. The Morgan fingerprint density at radius 1 is 1.04 bits per heavy atom. The maximum absolute atomic E-state index is 9.63. The maximum atomic E-state index is 9.63. The molecule has 0 aliphatic carbocycles. The maximum Gasteiger partial charge on any atom is 0.133 e. The van der Waals surface area contributed by atoms with E-state index in [-0.39, 0.29) is 0 Å². The van der Waals surface area contributed by atoms with Crippen molar-refractivity contribution < 1.29 is 0 Å². The molecule has 0 atom stereocenters. The van der Waals surface area contributed by atoms with E-state index in [1.807, 2.05) is 0 Å². The number of nitrogen functional groups attached to an aromatic ring is 1. The lowest BCUT2D eigenvalue weighted by Crippen LogP contribution is -2.45. The normalized spacial score (nSPS) is 15.3. The summed E-state index contributed by atoms with van der Waals surface area (Å²) in [6.07, 6.45) is 0. The van der Waals surface area contributed by atoms with Gasteiger partial charge in [0, 0.05) is 26.2 Å². The van der Waals surface area contributed by atoms with Crippen molar-refractivity contribution in [3.05, 3.63) is 59.8 Å². The monoisotopic (exact) mass is 345 g/mol. The van der Waals surface area contributed by atoms with Crippen molar-refractivity contribution in [3.63, 3.8) is 0 Å². The fraction of sp³-hybridized carbons (Fsp3) is 0.286. The van der Waals surface area contributed by atoms with Crippen LogP contribution in [0, 0.1) is 11.3 Å². The van der Waals surface area contributed by atoms with Crippen molar-refractivity contribution in [1.82, 2.24) is 9.47 Å². The molecule has 2 N–H and O–H groups in total. The fourth-order valence-corrected chi connectivity index (χ4v) is 3.78. The summed E-state index contributed by atoms with van der Waals surface area (Å²) < 4.78 is 2.07. The molecule has 5 heteroatoms. The molecule has 0 radical (unpaired) electrons. The van der Waals surface area contributed by atoms with Crippen molar-refractivity contribution in [2.75, 3.05) is 43.9 Å². The molecule has 1 fully saturated rings. The number of nitrogens with zero attached hydrogens (tertiary/aromatic N) is 4. The van der Waals surface area contributed by atoms with Crippen LogP contribution in [0.1, 0.15) is 11.3 Å². The van der Waals surface area contributed by atoms with Crippen LogP contribution in [0.25, 0.3) is 10.8 Å². The lowest BCUT2D eigenvalue weighted by Gasteiger charge is -2.35. The van der Waals surface area contributed by atoms with E-state index < -0.39 is 0 Å². The van der Waals surface area contributed by atoms with Gasteiger partial charge in [0.2, 0.25) is 0 Å². The minimum atomic E-state index is 0.615. The van der Waals surface area contributed by atoms with E-state index in [2.05, 4.69) is 69.9 Å². The van der Waals surface area contributed by atoms with Gasteiger partial charge in [-0.1, -0.05) is 42.5 Å². The van der Waals surface area contributed by atoms with Crippen LogP contribution < -0.4 is 10.6 Å². The number of aromatic nitrogens is 1. The molecule has 1 aliphatic rings. The molecule has 1 saturated heterocycles. The minimum Gasteiger partial charge on any atom is -0.396 e. The summed E-state index contributed by atoms with van der Waals surface area (Å²) in [5.74, 6) is 0.975. The predicted octanol–water partition coefficient (Wildman–Crippen LogP) is 2.90. The number of piperazine rings is 1. The third-order valence-electron chi connectivity index (χ3n) is 5.22. The van der Waals surface area contributed by atoms with Gasteiger partial charge in [-0.25, -0.2) is 0 Å². The summed E-state index contributed by atoms with van der Waals surface area (Å²) in [7, 11) is 2.14. The van der Waals surface area contributed by atoms with Gasteiger partial charge in [0.25, 0.3) is 0 Å². The van der Waals surface area contributed by atoms with E-state index >= 15 is 0 Å². The molecule has 132 valence electrons. The van der Waals surface area contributed by atoms with Crippen molar-refractivity contribution in [1.29, 1.82) is 5.26 Å². The van der Waals surface area contributed by atoms with Gasteiger partial charge in [-0.15, -0.1) is 0 Å². The number of fused-ring (bicyclic) bond motifs is 1. The van der Waals surface area contributed by atoms with Gasteiger partial charge in [0.05, 0.1) is 12.2 Å². The Bertz CT molecular complexity index is 968. The molecular formula is C21H23N5. The first-order valence-corrected chi connectivity index (χ1v) is 8.96. The van der Waals surface area contributed by atoms with E-state index in [1.165, 1.54) is 16.3 Å². The van der Waals surface area contributed by atoms with E-state index in [0.717, 1.165) is 32.0 Å². The van der Waals surface area contributed by atoms with E-state index in [9.17, 15) is 5.26 Å². The second-order valence-corrected chi connectivity index (χ2v) is 6.94. The molecule has 5 nitrogen and oxygen atoms in total. The van der Waals surface area contributed by atoms with Gasteiger partial charge in [-0.05, 0) is 29.4 Å². The Hall–Kier alpha value is -2.97. The Kier molecular flexibility index (Phi) is 4.27. The summed E-state index contributed by atoms with van der Waals surface area (Å²) in [6, 6.07) is 18.8. The zero-order valence-corrected chi connectivity index (χ0v) is 15.0. The van der Waals surface area contributed by atoms with Crippen LogP contribution in [-0.4, -0.2) is 42.7 Å². The molecule has 0 bridgehead atoms. The van der Waals surface area contributed by atoms with Crippen LogP contribution in [-0.2, 0) is 6.54 Å². The number of nitriles is 1. The molecule has 0 spiro atoms. The number of benzene rings is 2. The summed E-state index contributed by atoms with van der Waals surface area (Å²) in [5, 5.41) is 12.1. The van der Waals surface area contributed by atoms with Crippen LogP contribution in [0.15, 0.2) is 48.5 Å². The van der Waals surface area contributed by atoms with E-state index in [4.69, 9.17) is 5.73 Å². The topological polar surface area (TPSA) is 61.2 Å². The number of nitrogens with two attached hydrogens (primary N) is 1. The Labute approximate surface area is 153 Å². The number of hydrogen-bond acceptors (Lipinski definition) is 4. The summed E-state index contributed by atoms with van der Waals surface area (Å²) >= 11 is 0. The first-order valence-electron chi connectivity index (χ1n) is 8.96. The second-order valence-electron chi connectivity index (χ2n) is 6.94. The molecule has 0 amide bonds. The largest absolute Gasteiger partial charge is 0.396 e. The van der Waals surface area contributed by atoms with Crippen molar-refractivity contribution in [2.45, 2.75) is 6.54 Å². The van der Waals surface area contributed by atoms with Gasteiger partial charge in [-0.2, -0.15) is 5.26 Å². The minimum absolute atomic E-state index is 0.615. The number of hydrogen-bond donors (Lipinski definition) is 1. The Morgan fingerprint density at radius 2 is 1.77 bits per heavy atom. The van der Waals surface area contributed by atoms with Gasteiger partial charge >= 0.3 is 0 Å². The Balaban J connectivity index is 1.77. The SMILES string of the molecule is CN1CCN(c2c(N)cc(C#N)n2Cc2cccc3ccccc23)CC1. The van der Waals surface area contributed by atoms with E-state index in [1.54, 1.807) is 6.07 Å². The fourth-order valence-electron chi connectivity index (χ4n) is 3.78. The lowest BCUT2D eigenvalue weighted by molar-refractivity contribution is 0.311. The molecular weight excluding hydrogens is 322 g/mol. The summed E-state index contributed by atoms with van der Waals surface area (Å²) in [5.41, 5.74) is 8.82. The average Bonchev–Trinajstić information content (AvgIpc) is 2.98. The zero-order chi connectivity index (χ0) is 18.1. The summed E-state index contributed by atoms with van der Waals surface area (Å²) in [4.78, 5) is 4.62. The highest BCUT2D eigenvalue weighted by Crippen LogP contribution is 2.31. The van der Waals surface area contributed by atoms with Crippen LogP contribution in [0.2, 0.25) is 0 Å². The highest BCUT2D eigenvalue weighted by atomic mass is 15.3. The first kappa shape index (κ1) is 16.5. The van der Waals surface area contributed by atoms with Crippen molar-refractivity contribution in [3.8, 4) is 6.07 Å². The van der Waals surface area contributed by atoms with Crippen LogP contribution >= 0.6 is 0 Å². The van der Waals surface area contributed by atoms with Crippen LogP contribution in [0.4, 0.5) is 11.5 Å². The quantitative estimate of drug-likeness (QED) is 0.793. The molecule has 3 aromatic rings. The molecule has 2 heterocycles. The van der Waals surface area contributed by atoms with Gasteiger partial charge in [0.1, 0.15) is 17.6 Å². The van der Waals surface area contributed by atoms with Gasteiger partial charge in [-0.3, -0.25) is 0 Å². The molecule has 2 aromatic carbocycles. The highest BCUT2D eigenvalue weighted by molar-refractivity contribution is 5.85. The van der Waals surface area contributed by atoms with Crippen molar-refractivity contribution in [2.24, 2.45) is 0 Å². The lowest BCUT2D eigenvalue weighted by atomic mass is 10.0. The standard InChI is InChI=1S/C21H23N5/c1-24-9-11-25(12-10-24)21-20(23)13-18(14-22)26(21)15-17-7-4-6-16-5-2-3-8-19(16)17/h2-8,13H,9-12,15,23H2,1H3. The summed E-state index contributed by atoms with van der Waals surface area (Å²) in [6.45, 7) is 4.49. The van der Waals surface area contributed by atoms with Crippen LogP contribution in [0.3, 0.4) is 0 Å². The van der Waals surface area contributed by atoms with Gasteiger partial charge in [0.15, 0.2) is 0 Å². The van der Waals surface area contributed by atoms with E-state index in [0.29, 0.717) is 17.9 Å². The molecule has 26 heavy (non-hydrogen) atoms. The third-order valence-corrected chi connectivity index (χ3v) is 5.22. The number of rotatable bonds is 3. The molecule has 0 saturated carbocycles. The third kappa shape index (κ3) is 2.89. The second kappa shape index (κ2) is 6.74. The molecule has 0 unspecified atom stereocenters.